The molecule has 2 aromatic rings. The monoisotopic (exact) mass is 270 g/mol. The van der Waals surface area contributed by atoms with Crippen LogP contribution >= 0.6 is 0 Å². The lowest BCUT2D eigenvalue weighted by Gasteiger charge is -2.11. The lowest BCUT2D eigenvalue weighted by Crippen LogP contribution is -2.04. The molecule has 0 atom stereocenters. The fourth-order valence-corrected chi connectivity index (χ4v) is 2.02. The Bertz CT molecular complexity index is 640. The van der Waals surface area contributed by atoms with Gasteiger partial charge in [-0.15, -0.1) is 0 Å². The van der Waals surface area contributed by atoms with Gasteiger partial charge in [-0.1, -0.05) is 0 Å². The summed E-state index contributed by atoms with van der Waals surface area (Å²) in [4.78, 5) is 4.20. The molecule has 0 aliphatic heterocycles. The summed E-state index contributed by atoms with van der Waals surface area (Å²) in [6, 6.07) is 7.88. The molecule has 0 aromatic carbocycles. The van der Waals surface area contributed by atoms with Crippen LogP contribution in [0.1, 0.15) is 23.9 Å². The third-order valence-electron chi connectivity index (χ3n) is 3.28. The molecule has 0 saturated heterocycles. The Labute approximate surface area is 118 Å². The molecule has 5 heteroatoms. The molecule has 0 amide bonds. The second-order valence-corrected chi connectivity index (χ2v) is 4.45. The zero-order valence-electron chi connectivity index (χ0n) is 12.0. The molecule has 0 radical (unpaired) electrons. The van der Waals surface area contributed by atoms with Crippen LogP contribution in [0.25, 0.3) is 0 Å². The van der Waals surface area contributed by atoms with E-state index in [0.717, 1.165) is 16.9 Å². The van der Waals surface area contributed by atoms with Gasteiger partial charge in [-0.25, -0.2) is 4.98 Å². The summed E-state index contributed by atoms with van der Waals surface area (Å²) >= 11 is 0. The first kappa shape index (κ1) is 13.9. The lowest BCUT2D eigenvalue weighted by atomic mass is 10.2. The Balaban J connectivity index is 2.15. The summed E-state index contributed by atoms with van der Waals surface area (Å²) in [5.74, 6) is 0.601. The van der Waals surface area contributed by atoms with E-state index in [9.17, 15) is 0 Å². The number of pyridine rings is 1. The predicted octanol–water partition coefficient (Wildman–Crippen LogP) is 2.61. The Morgan fingerprint density at radius 2 is 2.30 bits per heavy atom. The van der Waals surface area contributed by atoms with E-state index in [1.165, 1.54) is 0 Å². The van der Waals surface area contributed by atoms with Gasteiger partial charge < -0.3 is 14.6 Å². The maximum absolute atomic E-state index is 9.03. The van der Waals surface area contributed by atoms with Gasteiger partial charge in [-0.2, -0.15) is 5.26 Å². The molecule has 0 saturated carbocycles. The molecule has 104 valence electrons. The van der Waals surface area contributed by atoms with Crippen LogP contribution in [0.2, 0.25) is 0 Å². The normalized spacial score (nSPS) is 10.1. The minimum Gasteiger partial charge on any atom is -0.476 e. The van der Waals surface area contributed by atoms with E-state index in [1.54, 1.807) is 6.20 Å². The second-order valence-electron chi connectivity index (χ2n) is 4.45. The van der Waals surface area contributed by atoms with Crippen LogP contribution in [0.3, 0.4) is 0 Å². The first-order valence-corrected chi connectivity index (χ1v) is 6.54. The number of aromatic nitrogens is 2. The van der Waals surface area contributed by atoms with Gasteiger partial charge >= 0.3 is 0 Å². The van der Waals surface area contributed by atoms with Gasteiger partial charge in [0.2, 0.25) is 5.88 Å². The van der Waals surface area contributed by atoms with E-state index < -0.39 is 0 Å². The number of hydrogen-bond donors (Lipinski definition) is 1. The highest BCUT2D eigenvalue weighted by Gasteiger charge is 2.09. The van der Waals surface area contributed by atoms with Crippen molar-refractivity contribution in [2.24, 2.45) is 7.05 Å². The summed E-state index contributed by atoms with van der Waals surface area (Å²) in [5, 5.41) is 12.3. The highest BCUT2D eigenvalue weighted by Crippen LogP contribution is 2.22. The fourth-order valence-electron chi connectivity index (χ4n) is 2.02. The first-order valence-electron chi connectivity index (χ1n) is 6.54. The van der Waals surface area contributed by atoms with Crippen LogP contribution in [0.5, 0.6) is 5.88 Å². The number of hydrogen-bond acceptors (Lipinski definition) is 4. The standard InChI is InChI=1S/C15H18N4O/c1-4-20-15-14(6-5-7-17-15)18-10-12-8-13(9-16)19(3)11(12)2/h5-8,18H,4,10H2,1-3H3. The van der Waals surface area contributed by atoms with Crippen LogP contribution in [-0.2, 0) is 13.6 Å². The van der Waals surface area contributed by atoms with Crippen molar-refractivity contribution in [2.45, 2.75) is 20.4 Å². The smallest absolute Gasteiger partial charge is 0.237 e. The molecule has 20 heavy (non-hydrogen) atoms. The van der Waals surface area contributed by atoms with Gasteiger partial charge in [0.15, 0.2) is 0 Å². The second kappa shape index (κ2) is 6.11. The molecular weight excluding hydrogens is 252 g/mol. The number of anilines is 1. The molecule has 0 aliphatic rings. The van der Waals surface area contributed by atoms with E-state index in [2.05, 4.69) is 16.4 Å². The Kier molecular flexibility index (Phi) is 4.26. The van der Waals surface area contributed by atoms with Crippen LogP contribution in [-0.4, -0.2) is 16.2 Å². The number of rotatable bonds is 5. The predicted molar refractivity (Wildman–Crippen MR) is 77.6 cm³/mol. The summed E-state index contributed by atoms with van der Waals surface area (Å²) in [6.45, 7) is 5.14. The van der Waals surface area contributed by atoms with Gasteiger partial charge in [0.05, 0.1) is 12.3 Å². The van der Waals surface area contributed by atoms with Gasteiger partial charge in [-0.05, 0) is 37.6 Å². The van der Waals surface area contributed by atoms with Crippen molar-refractivity contribution < 1.29 is 4.74 Å². The number of nitriles is 1. The molecule has 0 bridgehead atoms. The molecule has 0 fully saturated rings. The third kappa shape index (κ3) is 2.75. The minimum absolute atomic E-state index is 0.578. The topological polar surface area (TPSA) is 62.9 Å². The zero-order chi connectivity index (χ0) is 14.5. The lowest BCUT2D eigenvalue weighted by molar-refractivity contribution is 0.328. The largest absolute Gasteiger partial charge is 0.476 e. The molecule has 0 aliphatic carbocycles. The number of nitrogens with one attached hydrogen (secondary N) is 1. The average molecular weight is 270 g/mol. The van der Waals surface area contributed by atoms with Crippen molar-refractivity contribution in [3.05, 3.63) is 41.3 Å². The summed E-state index contributed by atoms with van der Waals surface area (Å²) in [5.41, 5.74) is 3.69. The molecule has 2 rings (SSSR count). The SMILES string of the molecule is CCOc1ncccc1NCc1cc(C#N)n(C)c1C. The van der Waals surface area contributed by atoms with Crippen molar-refractivity contribution in [2.75, 3.05) is 11.9 Å². The molecule has 1 N–H and O–H groups in total. The van der Waals surface area contributed by atoms with Crippen molar-refractivity contribution in [1.29, 1.82) is 5.26 Å². The zero-order valence-corrected chi connectivity index (χ0v) is 12.0. The van der Waals surface area contributed by atoms with Gasteiger partial charge in [0.1, 0.15) is 11.8 Å². The van der Waals surface area contributed by atoms with Crippen molar-refractivity contribution in [3.63, 3.8) is 0 Å². The van der Waals surface area contributed by atoms with Crippen molar-refractivity contribution in [3.8, 4) is 11.9 Å². The number of nitrogens with zero attached hydrogens (tertiary/aromatic N) is 3. The quantitative estimate of drug-likeness (QED) is 0.907. The third-order valence-corrected chi connectivity index (χ3v) is 3.28. The fraction of sp³-hybridized carbons (Fsp3) is 0.333. The van der Waals surface area contributed by atoms with E-state index in [1.807, 2.05) is 43.7 Å². The highest BCUT2D eigenvalue weighted by atomic mass is 16.5. The maximum Gasteiger partial charge on any atom is 0.237 e. The minimum atomic E-state index is 0.578. The van der Waals surface area contributed by atoms with Gasteiger partial charge in [0, 0.05) is 25.5 Å². The Hall–Kier alpha value is -2.48. The molecular formula is C15H18N4O. The van der Waals surface area contributed by atoms with Crippen LogP contribution < -0.4 is 10.1 Å². The van der Waals surface area contributed by atoms with E-state index in [0.29, 0.717) is 24.7 Å². The summed E-state index contributed by atoms with van der Waals surface area (Å²) in [6.07, 6.45) is 1.71. The first-order chi connectivity index (χ1) is 9.67. The maximum atomic E-state index is 9.03. The van der Waals surface area contributed by atoms with Crippen LogP contribution in [0, 0.1) is 18.3 Å². The highest BCUT2D eigenvalue weighted by molar-refractivity contribution is 5.52. The van der Waals surface area contributed by atoms with E-state index in [-0.39, 0.29) is 0 Å². The molecule has 0 spiro atoms. The number of ether oxygens (including phenoxy) is 1. The van der Waals surface area contributed by atoms with E-state index in [4.69, 9.17) is 10.00 Å². The average Bonchev–Trinajstić information content (AvgIpc) is 2.74. The molecule has 5 nitrogen and oxygen atoms in total. The Morgan fingerprint density at radius 1 is 1.50 bits per heavy atom. The van der Waals surface area contributed by atoms with Crippen LogP contribution in [0.15, 0.2) is 24.4 Å². The summed E-state index contributed by atoms with van der Waals surface area (Å²) < 4.78 is 7.37. The molecule has 2 aromatic heterocycles. The van der Waals surface area contributed by atoms with Gasteiger partial charge in [-0.3, -0.25) is 0 Å². The van der Waals surface area contributed by atoms with E-state index >= 15 is 0 Å². The molecule has 2 heterocycles. The molecule has 0 unspecified atom stereocenters. The summed E-state index contributed by atoms with van der Waals surface area (Å²) in [7, 11) is 1.90. The van der Waals surface area contributed by atoms with Crippen LogP contribution in [0.4, 0.5) is 5.69 Å². The Morgan fingerprint density at radius 3 is 2.95 bits per heavy atom. The van der Waals surface area contributed by atoms with Crippen molar-refractivity contribution >= 4 is 5.69 Å². The van der Waals surface area contributed by atoms with Crippen molar-refractivity contribution in [1.82, 2.24) is 9.55 Å². The van der Waals surface area contributed by atoms with Gasteiger partial charge in [0.25, 0.3) is 0 Å².